The van der Waals surface area contributed by atoms with Gasteiger partial charge in [-0.3, -0.25) is 4.79 Å². The van der Waals surface area contributed by atoms with E-state index in [1.54, 1.807) is 0 Å². The lowest BCUT2D eigenvalue weighted by atomic mass is 10.0. The molecule has 3 N–H and O–H groups in total. The molecule has 4 nitrogen and oxygen atoms in total. The molecule has 0 saturated carbocycles. The van der Waals surface area contributed by atoms with Crippen LogP contribution in [0.2, 0.25) is 0 Å². The highest BCUT2D eigenvalue weighted by molar-refractivity contribution is 5.73. The first kappa shape index (κ1) is 7.50. The molecule has 0 aromatic rings. The van der Waals surface area contributed by atoms with E-state index in [1.807, 2.05) is 0 Å². The fraction of sp³-hybridized carbons (Fsp3) is 0.833. The van der Waals surface area contributed by atoms with E-state index >= 15 is 0 Å². The van der Waals surface area contributed by atoms with Gasteiger partial charge in [0.2, 0.25) is 0 Å². The van der Waals surface area contributed by atoms with Crippen molar-refractivity contribution >= 4 is 5.97 Å². The number of hydrogen-bond donors (Lipinski definition) is 3. The van der Waals surface area contributed by atoms with Gasteiger partial charge in [-0.25, -0.2) is 0 Å². The topological polar surface area (TPSA) is 69.6 Å². The van der Waals surface area contributed by atoms with Gasteiger partial charge in [-0.1, -0.05) is 0 Å². The summed E-state index contributed by atoms with van der Waals surface area (Å²) in [6, 6.07) is -0.455. The largest absolute Gasteiger partial charge is 0.480 e. The molecule has 10 heavy (non-hydrogen) atoms. The number of aliphatic carboxylic acids is 1. The van der Waals surface area contributed by atoms with Gasteiger partial charge in [0.05, 0.1) is 6.10 Å². The SMILES string of the molecule is O=C(O)C1CC[C@H](O)CN1. The number of hydrogen-bond acceptors (Lipinski definition) is 3. The van der Waals surface area contributed by atoms with Gasteiger partial charge >= 0.3 is 5.97 Å². The average Bonchev–Trinajstić information content (AvgIpc) is 1.88. The van der Waals surface area contributed by atoms with Crippen molar-refractivity contribution in [1.29, 1.82) is 0 Å². The van der Waals surface area contributed by atoms with Crippen molar-refractivity contribution in [2.45, 2.75) is 25.0 Å². The predicted molar refractivity (Wildman–Crippen MR) is 34.7 cm³/mol. The maximum absolute atomic E-state index is 10.3. The third kappa shape index (κ3) is 1.68. The second kappa shape index (κ2) is 2.98. The van der Waals surface area contributed by atoms with Crippen molar-refractivity contribution in [1.82, 2.24) is 5.32 Å². The van der Waals surface area contributed by atoms with E-state index in [9.17, 15) is 4.79 Å². The molecular weight excluding hydrogens is 134 g/mol. The van der Waals surface area contributed by atoms with Gasteiger partial charge in [0, 0.05) is 6.54 Å². The fourth-order valence-electron chi connectivity index (χ4n) is 1.05. The van der Waals surface area contributed by atoms with Crippen LogP contribution in [0.15, 0.2) is 0 Å². The van der Waals surface area contributed by atoms with Gasteiger partial charge in [0.25, 0.3) is 0 Å². The van der Waals surface area contributed by atoms with Crippen molar-refractivity contribution in [3.63, 3.8) is 0 Å². The second-order valence-electron chi connectivity index (χ2n) is 2.53. The standard InChI is InChI=1S/C6H11NO3/c8-4-1-2-5(6(9)10)7-3-4/h4-5,7-8H,1-3H2,(H,9,10)/t4-,5?/m0/s1. The van der Waals surface area contributed by atoms with Crippen LogP contribution in [0, 0.1) is 0 Å². The summed E-state index contributed by atoms with van der Waals surface area (Å²) in [6.07, 6.45) is 0.746. The molecule has 0 radical (unpaired) electrons. The van der Waals surface area contributed by atoms with Crippen LogP contribution in [-0.4, -0.2) is 34.9 Å². The first-order valence-electron chi connectivity index (χ1n) is 3.34. The molecular formula is C6H11NO3. The van der Waals surface area contributed by atoms with Gasteiger partial charge in [-0.05, 0) is 12.8 Å². The van der Waals surface area contributed by atoms with Crippen molar-refractivity contribution in [3.8, 4) is 0 Å². The second-order valence-corrected chi connectivity index (χ2v) is 2.53. The Morgan fingerprint density at radius 3 is 2.60 bits per heavy atom. The van der Waals surface area contributed by atoms with Crippen molar-refractivity contribution in [3.05, 3.63) is 0 Å². The Morgan fingerprint density at radius 1 is 1.50 bits per heavy atom. The van der Waals surface area contributed by atoms with Crippen LogP contribution in [0.25, 0.3) is 0 Å². The summed E-state index contributed by atoms with van der Waals surface area (Å²) in [5.41, 5.74) is 0. The van der Waals surface area contributed by atoms with E-state index in [0.29, 0.717) is 19.4 Å². The van der Waals surface area contributed by atoms with E-state index in [4.69, 9.17) is 10.2 Å². The normalized spacial score (nSPS) is 33.7. The van der Waals surface area contributed by atoms with Gasteiger partial charge < -0.3 is 15.5 Å². The van der Waals surface area contributed by atoms with Gasteiger partial charge in [-0.15, -0.1) is 0 Å². The van der Waals surface area contributed by atoms with Crippen LogP contribution >= 0.6 is 0 Å². The molecule has 1 aliphatic rings. The lowest BCUT2D eigenvalue weighted by Crippen LogP contribution is -2.45. The van der Waals surface area contributed by atoms with Gasteiger partial charge in [0.1, 0.15) is 6.04 Å². The predicted octanol–water partition coefficient (Wildman–Crippen LogP) is -0.816. The number of carboxylic acids is 1. The average molecular weight is 145 g/mol. The first-order chi connectivity index (χ1) is 4.70. The Balaban J connectivity index is 2.33. The quantitative estimate of drug-likeness (QED) is 0.451. The highest BCUT2D eigenvalue weighted by Gasteiger charge is 2.23. The Kier molecular flexibility index (Phi) is 2.24. The van der Waals surface area contributed by atoms with Crippen LogP contribution in [0.3, 0.4) is 0 Å². The number of nitrogens with one attached hydrogen (secondary N) is 1. The lowest BCUT2D eigenvalue weighted by molar-refractivity contribution is -0.140. The number of β-amino-alcohol motifs (C(OH)–C–C–N with tert-alkyl or cyclic N) is 1. The first-order valence-corrected chi connectivity index (χ1v) is 3.34. The summed E-state index contributed by atoms with van der Waals surface area (Å²) in [4.78, 5) is 10.3. The Morgan fingerprint density at radius 2 is 2.20 bits per heavy atom. The Labute approximate surface area is 58.9 Å². The molecule has 0 amide bonds. The maximum atomic E-state index is 10.3. The Hall–Kier alpha value is -0.610. The highest BCUT2D eigenvalue weighted by Crippen LogP contribution is 2.07. The minimum Gasteiger partial charge on any atom is -0.480 e. The zero-order chi connectivity index (χ0) is 7.56. The monoisotopic (exact) mass is 145 g/mol. The minimum absolute atomic E-state index is 0.365. The highest BCUT2D eigenvalue weighted by atomic mass is 16.4. The molecule has 0 spiro atoms. The zero-order valence-electron chi connectivity index (χ0n) is 5.58. The van der Waals surface area contributed by atoms with E-state index in [2.05, 4.69) is 5.32 Å². The van der Waals surface area contributed by atoms with Crippen molar-refractivity contribution in [2.75, 3.05) is 6.54 Å². The number of piperidine rings is 1. The molecule has 1 heterocycles. The van der Waals surface area contributed by atoms with E-state index in [1.165, 1.54) is 0 Å². The van der Waals surface area contributed by atoms with E-state index in [-0.39, 0.29) is 6.10 Å². The van der Waals surface area contributed by atoms with Gasteiger partial charge in [0.15, 0.2) is 0 Å². The number of rotatable bonds is 1. The molecule has 1 saturated heterocycles. The summed E-state index contributed by atoms with van der Waals surface area (Å²) in [5.74, 6) is -0.827. The maximum Gasteiger partial charge on any atom is 0.320 e. The summed E-state index contributed by atoms with van der Waals surface area (Å²) in [7, 11) is 0. The van der Waals surface area contributed by atoms with E-state index < -0.39 is 12.0 Å². The smallest absolute Gasteiger partial charge is 0.320 e. The molecule has 58 valence electrons. The summed E-state index contributed by atoms with van der Waals surface area (Å²) < 4.78 is 0. The molecule has 1 aliphatic heterocycles. The van der Waals surface area contributed by atoms with E-state index in [0.717, 1.165) is 0 Å². The molecule has 0 aliphatic carbocycles. The molecule has 0 aromatic heterocycles. The van der Waals surface area contributed by atoms with Crippen molar-refractivity contribution in [2.24, 2.45) is 0 Å². The van der Waals surface area contributed by atoms with Crippen LogP contribution in [0.5, 0.6) is 0 Å². The van der Waals surface area contributed by atoms with Crippen LogP contribution in [0.1, 0.15) is 12.8 Å². The molecule has 0 bridgehead atoms. The minimum atomic E-state index is -0.827. The van der Waals surface area contributed by atoms with Crippen LogP contribution < -0.4 is 5.32 Å². The molecule has 1 fully saturated rings. The summed E-state index contributed by atoms with van der Waals surface area (Å²) >= 11 is 0. The zero-order valence-corrected chi connectivity index (χ0v) is 5.58. The molecule has 1 rings (SSSR count). The molecule has 4 heteroatoms. The fourth-order valence-corrected chi connectivity index (χ4v) is 1.05. The third-order valence-electron chi connectivity index (χ3n) is 1.69. The third-order valence-corrected chi connectivity index (χ3v) is 1.69. The molecule has 0 aromatic carbocycles. The molecule has 2 atom stereocenters. The Bertz CT molecular complexity index is 129. The summed E-state index contributed by atoms with van der Waals surface area (Å²) in [5, 5.41) is 20.2. The lowest BCUT2D eigenvalue weighted by Gasteiger charge is -2.23. The number of carbonyl (C=O) groups is 1. The van der Waals surface area contributed by atoms with Gasteiger partial charge in [-0.2, -0.15) is 0 Å². The van der Waals surface area contributed by atoms with Crippen LogP contribution in [-0.2, 0) is 4.79 Å². The number of aliphatic hydroxyl groups excluding tert-OH is 1. The molecule has 1 unspecified atom stereocenters. The number of carboxylic acid groups (broad SMARTS) is 1. The van der Waals surface area contributed by atoms with Crippen LogP contribution in [0.4, 0.5) is 0 Å². The summed E-state index contributed by atoms with van der Waals surface area (Å²) in [6.45, 7) is 0.400. The van der Waals surface area contributed by atoms with Crippen molar-refractivity contribution < 1.29 is 15.0 Å². The number of aliphatic hydroxyl groups is 1.